The third-order valence-electron chi connectivity index (χ3n) is 3.42. The molecule has 2 atom stereocenters. The monoisotopic (exact) mass is 302 g/mol. The Labute approximate surface area is 123 Å². The predicted octanol–water partition coefficient (Wildman–Crippen LogP) is 4.24. The lowest BCUT2D eigenvalue weighted by Crippen LogP contribution is -2.40. The summed E-state index contributed by atoms with van der Waals surface area (Å²) in [6.07, 6.45) is -4.40. The number of ether oxygens (including phenoxy) is 1. The molecule has 1 aromatic rings. The van der Waals surface area contributed by atoms with Crippen LogP contribution in [0.2, 0.25) is 0 Å². The number of carbonyl (C=O) groups excluding carboxylic acids is 1. The molecule has 0 fully saturated rings. The van der Waals surface area contributed by atoms with Crippen LogP contribution in [-0.4, -0.2) is 18.8 Å². The van der Waals surface area contributed by atoms with Crippen molar-refractivity contribution in [1.29, 1.82) is 0 Å². The number of carbonyl (C=O) groups is 1. The van der Waals surface area contributed by atoms with E-state index in [1.54, 1.807) is 37.3 Å². The lowest BCUT2D eigenvalue weighted by molar-refractivity contribution is -0.208. The van der Waals surface area contributed by atoms with Crippen LogP contribution in [-0.2, 0) is 16.0 Å². The lowest BCUT2D eigenvalue weighted by atomic mass is 9.79. The van der Waals surface area contributed by atoms with Crippen molar-refractivity contribution < 1.29 is 22.7 Å². The Morgan fingerprint density at radius 1 is 1.19 bits per heavy atom. The van der Waals surface area contributed by atoms with Gasteiger partial charge in [-0.1, -0.05) is 44.2 Å². The summed E-state index contributed by atoms with van der Waals surface area (Å²) >= 11 is 0. The van der Waals surface area contributed by atoms with Crippen molar-refractivity contribution in [3.63, 3.8) is 0 Å². The minimum Gasteiger partial charge on any atom is -0.466 e. The average molecular weight is 302 g/mol. The Morgan fingerprint density at radius 2 is 1.76 bits per heavy atom. The van der Waals surface area contributed by atoms with E-state index in [0.717, 1.165) is 0 Å². The molecule has 0 saturated heterocycles. The van der Waals surface area contributed by atoms with E-state index >= 15 is 0 Å². The molecule has 1 rings (SSSR count). The summed E-state index contributed by atoms with van der Waals surface area (Å²) in [6.45, 7) is 4.63. The van der Waals surface area contributed by atoms with Crippen LogP contribution >= 0.6 is 0 Å². The fourth-order valence-electron chi connectivity index (χ4n) is 2.54. The summed E-state index contributed by atoms with van der Waals surface area (Å²) in [6, 6.07) is 8.72. The molecule has 0 radical (unpaired) electrons. The van der Waals surface area contributed by atoms with E-state index in [2.05, 4.69) is 0 Å². The van der Waals surface area contributed by atoms with Gasteiger partial charge in [-0.2, -0.15) is 13.2 Å². The molecule has 0 saturated carbocycles. The van der Waals surface area contributed by atoms with Gasteiger partial charge in [0, 0.05) is 0 Å². The normalized spacial score (nSPS) is 14.8. The van der Waals surface area contributed by atoms with Crippen LogP contribution < -0.4 is 0 Å². The van der Waals surface area contributed by atoms with E-state index in [-0.39, 0.29) is 13.0 Å². The van der Waals surface area contributed by atoms with Gasteiger partial charge in [0.15, 0.2) is 0 Å². The highest BCUT2D eigenvalue weighted by Gasteiger charge is 2.49. The van der Waals surface area contributed by atoms with Crippen molar-refractivity contribution in [1.82, 2.24) is 0 Å². The van der Waals surface area contributed by atoms with Gasteiger partial charge < -0.3 is 4.74 Å². The van der Waals surface area contributed by atoms with Crippen molar-refractivity contribution in [2.45, 2.75) is 33.4 Å². The number of benzene rings is 1. The van der Waals surface area contributed by atoms with Crippen molar-refractivity contribution >= 4 is 5.97 Å². The van der Waals surface area contributed by atoms with Crippen molar-refractivity contribution in [3.8, 4) is 0 Å². The van der Waals surface area contributed by atoms with Crippen molar-refractivity contribution in [2.24, 2.45) is 17.8 Å². The molecule has 0 amide bonds. The summed E-state index contributed by atoms with van der Waals surface area (Å²) < 4.78 is 44.8. The first-order chi connectivity index (χ1) is 9.77. The molecule has 0 bridgehead atoms. The van der Waals surface area contributed by atoms with Gasteiger partial charge in [-0.25, -0.2) is 0 Å². The largest absolute Gasteiger partial charge is 0.466 e. The molecule has 0 aliphatic heterocycles. The number of esters is 1. The quantitative estimate of drug-likeness (QED) is 0.735. The molecule has 118 valence electrons. The topological polar surface area (TPSA) is 26.3 Å². The molecule has 0 aliphatic carbocycles. The van der Waals surface area contributed by atoms with Crippen LogP contribution in [0.3, 0.4) is 0 Å². The maximum Gasteiger partial charge on any atom is 0.392 e. The lowest BCUT2D eigenvalue weighted by Gasteiger charge is -2.30. The number of halogens is 3. The van der Waals surface area contributed by atoms with Crippen LogP contribution in [0.1, 0.15) is 26.3 Å². The number of alkyl halides is 3. The summed E-state index contributed by atoms with van der Waals surface area (Å²) in [5.74, 6) is -4.40. The second-order valence-corrected chi connectivity index (χ2v) is 5.36. The molecule has 1 aromatic carbocycles. The van der Waals surface area contributed by atoms with Gasteiger partial charge in [0.05, 0.1) is 18.4 Å². The minimum atomic E-state index is -4.43. The Balaban J connectivity index is 3.08. The highest BCUT2D eigenvalue weighted by atomic mass is 19.4. The van der Waals surface area contributed by atoms with Crippen LogP contribution in [0, 0.1) is 17.8 Å². The van der Waals surface area contributed by atoms with Crippen LogP contribution in [0.4, 0.5) is 13.2 Å². The Kier molecular flexibility index (Phi) is 6.24. The number of hydrogen-bond donors (Lipinski definition) is 0. The van der Waals surface area contributed by atoms with E-state index in [9.17, 15) is 18.0 Å². The molecule has 21 heavy (non-hydrogen) atoms. The van der Waals surface area contributed by atoms with Crippen molar-refractivity contribution in [3.05, 3.63) is 35.9 Å². The molecule has 0 aliphatic rings. The molecule has 0 heterocycles. The first kappa shape index (κ1) is 17.5. The maximum absolute atomic E-state index is 13.3. The fourth-order valence-corrected chi connectivity index (χ4v) is 2.54. The van der Waals surface area contributed by atoms with E-state index in [1.807, 2.05) is 0 Å². The second kappa shape index (κ2) is 7.48. The van der Waals surface area contributed by atoms with Gasteiger partial charge in [0.1, 0.15) is 0 Å². The molecule has 0 aromatic heterocycles. The SMILES string of the molecule is CCOC(=O)[C@@H](Cc1ccccc1)[C@@H](C(C)C)C(F)(F)F. The van der Waals surface area contributed by atoms with Crippen LogP contribution in [0.15, 0.2) is 30.3 Å². The zero-order chi connectivity index (χ0) is 16.0. The van der Waals surface area contributed by atoms with Gasteiger partial charge in [-0.05, 0) is 24.8 Å². The van der Waals surface area contributed by atoms with Gasteiger partial charge >= 0.3 is 12.1 Å². The molecular weight excluding hydrogens is 281 g/mol. The van der Waals surface area contributed by atoms with Crippen LogP contribution in [0.5, 0.6) is 0 Å². The molecule has 0 N–H and O–H groups in total. The summed E-state index contributed by atoms with van der Waals surface area (Å²) in [5, 5.41) is 0. The van der Waals surface area contributed by atoms with Crippen LogP contribution in [0.25, 0.3) is 0 Å². The molecular formula is C16H21F3O2. The highest BCUT2D eigenvalue weighted by molar-refractivity contribution is 5.73. The zero-order valence-electron chi connectivity index (χ0n) is 12.5. The summed E-state index contributed by atoms with van der Waals surface area (Å²) in [5.41, 5.74) is 0.699. The Bertz CT molecular complexity index is 441. The summed E-state index contributed by atoms with van der Waals surface area (Å²) in [7, 11) is 0. The minimum absolute atomic E-state index is 0.0298. The maximum atomic E-state index is 13.3. The van der Waals surface area contributed by atoms with Gasteiger partial charge in [-0.3, -0.25) is 4.79 Å². The second-order valence-electron chi connectivity index (χ2n) is 5.36. The Morgan fingerprint density at radius 3 is 2.19 bits per heavy atom. The summed E-state index contributed by atoms with van der Waals surface area (Å²) in [4.78, 5) is 12.0. The smallest absolute Gasteiger partial charge is 0.392 e. The van der Waals surface area contributed by atoms with E-state index in [4.69, 9.17) is 4.74 Å². The number of rotatable bonds is 6. The third kappa shape index (κ3) is 5.06. The average Bonchev–Trinajstić information content (AvgIpc) is 2.37. The number of hydrogen-bond acceptors (Lipinski definition) is 2. The highest BCUT2D eigenvalue weighted by Crippen LogP contribution is 2.39. The molecule has 0 spiro atoms. The van der Waals surface area contributed by atoms with E-state index in [1.165, 1.54) is 13.8 Å². The van der Waals surface area contributed by atoms with Gasteiger partial charge in [0.2, 0.25) is 0 Å². The van der Waals surface area contributed by atoms with E-state index < -0.39 is 29.9 Å². The predicted molar refractivity (Wildman–Crippen MR) is 74.7 cm³/mol. The molecule has 0 unspecified atom stereocenters. The standard InChI is InChI=1S/C16H21F3O2/c1-4-21-15(20)13(10-12-8-6-5-7-9-12)14(11(2)3)16(17,18)19/h5-9,11,13-14H,4,10H2,1-3H3/t13-,14+/m0/s1. The van der Waals surface area contributed by atoms with Gasteiger partial charge in [0.25, 0.3) is 0 Å². The van der Waals surface area contributed by atoms with Gasteiger partial charge in [-0.15, -0.1) is 0 Å². The zero-order valence-corrected chi connectivity index (χ0v) is 12.5. The van der Waals surface area contributed by atoms with Crippen molar-refractivity contribution in [2.75, 3.05) is 6.61 Å². The fraction of sp³-hybridized carbons (Fsp3) is 0.562. The van der Waals surface area contributed by atoms with E-state index in [0.29, 0.717) is 5.56 Å². The molecule has 2 nitrogen and oxygen atoms in total. The third-order valence-corrected chi connectivity index (χ3v) is 3.42. The molecule has 5 heteroatoms. The first-order valence-corrected chi connectivity index (χ1v) is 7.04. The first-order valence-electron chi connectivity index (χ1n) is 7.04. The Hall–Kier alpha value is -1.52.